The summed E-state index contributed by atoms with van der Waals surface area (Å²) in [4.78, 5) is 13.4. The molecule has 0 saturated carbocycles. The second-order valence-electron chi connectivity index (χ2n) is 5.26. The number of carboxylic acid groups (broad SMARTS) is 1. The van der Waals surface area contributed by atoms with E-state index in [1.165, 1.54) is 0 Å². The Morgan fingerprint density at radius 1 is 1.12 bits per heavy atom. The fraction of sp³-hybridized carbons (Fsp3) is 0.500. The lowest BCUT2D eigenvalue weighted by atomic mass is 9.68. The van der Waals surface area contributed by atoms with Crippen LogP contribution in [-0.2, 0) is 10.2 Å². The van der Waals surface area contributed by atoms with Gasteiger partial charge in [0.2, 0.25) is 0 Å². The molecule has 0 fully saturated rings. The van der Waals surface area contributed by atoms with Crippen molar-refractivity contribution in [2.75, 3.05) is 14.1 Å². The quantitative estimate of drug-likeness (QED) is 0.871. The highest BCUT2D eigenvalue weighted by Gasteiger charge is 2.50. The highest BCUT2D eigenvalue weighted by Crippen LogP contribution is 2.38. The third-order valence-corrected chi connectivity index (χ3v) is 4.02. The summed E-state index contributed by atoms with van der Waals surface area (Å²) in [6.45, 7) is 5.70. The average Bonchev–Trinajstić information content (AvgIpc) is 2.28. The minimum atomic E-state index is -0.950. The van der Waals surface area contributed by atoms with Gasteiger partial charge in [0, 0.05) is 5.41 Å². The average molecular weight is 235 g/mol. The van der Waals surface area contributed by atoms with Crippen LogP contribution in [0.1, 0.15) is 26.3 Å². The van der Waals surface area contributed by atoms with E-state index in [4.69, 9.17) is 0 Å². The van der Waals surface area contributed by atoms with Crippen molar-refractivity contribution in [1.82, 2.24) is 4.90 Å². The van der Waals surface area contributed by atoms with Crippen molar-refractivity contribution in [3.8, 4) is 0 Å². The summed E-state index contributed by atoms with van der Waals surface area (Å²) < 4.78 is 0. The van der Waals surface area contributed by atoms with E-state index in [9.17, 15) is 9.90 Å². The van der Waals surface area contributed by atoms with Crippen molar-refractivity contribution < 1.29 is 9.90 Å². The molecule has 94 valence electrons. The minimum Gasteiger partial charge on any atom is -0.480 e. The lowest BCUT2D eigenvalue weighted by Gasteiger charge is -2.45. The van der Waals surface area contributed by atoms with Gasteiger partial charge in [-0.1, -0.05) is 44.2 Å². The van der Waals surface area contributed by atoms with Gasteiger partial charge in [-0.05, 0) is 26.6 Å². The van der Waals surface area contributed by atoms with Crippen molar-refractivity contribution >= 4 is 5.97 Å². The molecule has 0 radical (unpaired) electrons. The number of rotatable bonds is 4. The molecule has 1 aromatic rings. The number of nitrogens with zero attached hydrogens (tertiary/aromatic N) is 1. The van der Waals surface area contributed by atoms with Crippen molar-refractivity contribution in [1.29, 1.82) is 0 Å². The number of hydrogen-bond acceptors (Lipinski definition) is 2. The summed E-state index contributed by atoms with van der Waals surface area (Å²) in [6, 6.07) is 9.77. The molecule has 0 aliphatic rings. The van der Waals surface area contributed by atoms with Crippen LogP contribution in [0.3, 0.4) is 0 Å². The van der Waals surface area contributed by atoms with E-state index < -0.39 is 16.9 Å². The SMILES string of the molecule is CN(C)C(C)(C(=O)O)C(C)(C)c1ccccc1. The van der Waals surface area contributed by atoms with Gasteiger partial charge >= 0.3 is 5.97 Å². The zero-order valence-corrected chi connectivity index (χ0v) is 11.2. The molecule has 0 aliphatic carbocycles. The van der Waals surface area contributed by atoms with Crippen molar-refractivity contribution in [2.24, 2.45) is 0 Å². The number of aliphatic carboxylic acids is 1. The van der Waals surface area contributed by atoms with Gasteiger partial charge in [0.05, 0.1) is 0 Å². The Morgan fingerprint density at radius 3 is 1.94 bits per heavy atom. The first-order valence-corrected chi connectivity index (χ1v) is 5.71. The molecule has 3 nitrogen and oxygen atoms in total. The summed E-state index contributed by atoms with van der Waals surface area (Å²) in [5, 5.41) is 9.56. The van der Waals surface area contributed by atoms with E-state index in [0.717, 1.165) is 5.56 Å². The largest absolute Gasteiger partial charge is 0.480 e. The van der Waals surface area contributed by atoms with E-state index in [0.29, 0.717) is 0 Å². The summed E-state index contributed by atoms with van der Waals surface area (Å²) >= 11 is 0. The third-order valence-electron chi connectivity index (χ3n) is 4.02. The molecular weight excluding hydrogens is 214 g/mol. The predicted molar refractivity (Wildman–Crippen MR) is 69.2 cm³/mol. The van der Waals surface area contributed by atoms with Gasteiger partial charge < -0.3 is 5.11 Å². The summed E-state index contributed by atoms with van der Waals surface area (Å²) in [5.74, 6) is -0.809. The molecule has 17 heavy (non-hydrogen) atoms. The molecule has 0 spiro atoms. The molecule has 1 unspecified atom stereocenters. The topological polar surface area (TPSA) is 40.5 Å². The normalized spacial score (nSPS) is 15.6. The fourth-order valence-corrected chi connectivity index (χ4v) is 2.15. The molecule has 1 atom stereocenters. The molecule has 1 N–H and O–H groups in total. The number of carbonyl (C=O) groups is 1. The Labute approximate surface area is 103 Å². The van der Waals surface area contributed by atoms with Crippen molar-refractivity contribution in [3.05, 3.63) is 35.9 Å². The second kappa shape index (κ2) is 4.49. The molecule has 0 amide bonds. The van der Waals surface area contributed by atoms with Crippen LogP contribution in [0.2, 0.25) is 0 Å². The van der Waals surface area contributed by atoms with Crippen LogP contribution >= 0.6 is 0 Å². The summed E-state index contributed by atoms with van der Waals surface area (Å²) in [7, 11) is 3.61. The second-order valence-corrected chi connectivity index (χ2v) is 5.26. The zero-order valence-electron chi connectivity index (χ0n) is 11.2. The maximum atomic E-state index is 11.6. The molecule has 0 aliphatic heterocycles. The summed E-state index contributed by atoms with van der Waals surface area (Å²) in [5.41, 5.74) is -0.406. The van der Waals surface area contributed by atoms with Gasteiger partial charge in [-0.2, -0.15) is 0 Å². The third kappa shape index (κ3) is 2.07. The molecule has 0 heterocycles. The number of likely N-dealkylation sites (N-methyl/N-ethyl adjacent to an activating group) is 1. The monoisotopic (exact) mass is 235 g/mol. The molecule has 3 heteroatoms. The van der Waals surface area contributed by atoms with Crippen LogP contribution in [-0.4, -0.2) is 35.6 Å². The van der Waals surface area contributed by atoms with E-state index >= 15 is 0 Å². The van der Waals surface area contributed by atoms with Crippen LogP contribution in [0.5, 0.6) is 0 Å². The lowest BCUT2D eigenvalue weighted by Crippen LogP contribution is -2.60. The number of benzene rings is 1. The molecule has 1 aromatic carbocycles. The molecule has 0 bridgehead atoms. The molecule has 1 rings (SSSR count). The van der Waals surface area contributed by atoms with Gasteiger partial charge in [0.1, 0.15) is 5.54 Å². The Kier molecular flexibility index (Phi) is 3.62. The molecule has 0 aromatic heterocycles. The van der Waals surface area contributed by atoms with Crippen LogP contribution in [0.4, 0.5) is 0 Å². The highest BCUT2D eigenvalue weighted by molar-refractivity contribution is 5.81. The number of hydrogen-bond donors (Lipinski definition) is 1. The fourth-order valence-electron chi connectivity index (χ4n) is 2.15. The summed E-state index contributed by atoms with van der Waals surface area (Å²) in [6.07, 6.45) is 0. The maximum Gasteiger partial charge on any atom is 0.324 e. The van der Waals surface area contributed by atoms with Gasteiger partial charge in [-0.3, -0.25) is 9.69 Å². The van der Waals surface area contributed by atoms with Gasteiger partial charge in [-0.15, -0.1) is 0 Å². The van der Waals surface area contributed by atoms with Crippen molar-refractivity contribution in [2.45, 2.75) is 31.7 Å². The Bertz CT molecular complexity index is 398. The Balaban J connectivity index is 3.33. The highest BCUT2D eigenvalue weighted by atomic mass is 16.4. The first kappa shape index (κ1) is 13.7. The molecular formula is C14H21NO2. The van der Waals surface area contributed by atoms with E-state index in [2.05, 4.69) is 0 Å². The number of carboxylic acids is 1. The van der Waals surface area contributed by atoms with E-state index in [1.54, 1.807) is 25.9 Å². The Hall–Kier alpha value is -1.35. The first-order chi connectivity index (χ1) is 7.74. The van der Waals surface area contributed by atoms with Gasteiger partial charge in [0.15, 0.2) is 0 Å². The minimum absolute atomic E-state index is 0.483. The van der Waals surface area contributed by atoms with Crippen LogP contribution < -0.4 is 0 Å². The van der Waals surface area contributed by atoms with Gasteiger partial charge in [0.25, 0.3) is 0 Å². The molecule has 0 saturated heterocycles. The van der Waals surface area contributed by atoms with E-state index in [-0.39, 0.29) is 0 Å². The zero-order chi connectivity index (χ0) is 13.3. The Morgan fingerprint density at radius 2 is 1.59 bits per heavy atom. The van der Waals surface area contributed by atoms with Gasteiger partial charge in [-0.25, -0.2) is 0 Å². The van der Waals surface area contributed by atoms with Crippen molar-refractivity contribution in [3.63, 3.8) is 0 Å². The van der Waals surface area contributed by atoms with Crippen LogP contribution in [0.15, 0.2) is 30.3 Å². The predicted octanol–water partition coefficient (Wildman–Crippen LogP) is 2.37. The van der Waals surface area contributed by atoms with E-state index in [1.807, 2.05) is 44.2 Å². The smallest absolute Gasteiger partial charge is 0.324 e. The first-order valence-electron chi connectivity index (χ1n) is 5.71. The van der Waals surface area contributed by atoms with Crippen LogP contribution in [0, 0.1) is 0 Å². The van der Waals surface area contributed by atoms with Crippen LogP contribution in [0.25, 0.3) is 0 Å². The maximum absolute atomic E-state index is 11.6. The standard InChI is InChI=1S/C14H21NO2/c1-13(2,11-9-7-6-8-10-11)14(3,12(16)17)15(4)5/h6-10H,1-5H3,(H,16,17). The lowest BCUT2D eigenvalue weighted by molar-refractivity contribution is -0.153.